The number of nitrogens with two attached hydrogens (primary N) is 1. The largest absolute Gasteiger partial charge is 0.368 e. The Morgan fingerprint density at radius 2 is 1.87 bits per heavy atom. The first-order valence-corrected chi connectivity index (χ1v) is 7.61. The van der Waals surface area contributed by atoms with Crippen LogP contribution in [0.3, 0.4) is 0 Å². The summed E-state index contributed by atoms with van der Waals surface area (Å²) < 4.78 is 0. The third kappa shape index (κ3) is 3.36. The van der Waals surface area contributed by atoms with E-state index in [4.69, 9.17) is 5.73 Å². The number of benzene rings is 1. The molecule has 2 heterocycles. The van der Waals surface area contributed by atoms with Gasteiger partial charge in [-0.3, -0.25) is 5.10 Å². The molecule has 0 radical (unpaired) electrons. The second-order valence-corrected chi connectivity index (χ2v) is 5.69. The Balaban J connectivity index is 1.88. The van der Waals surface area contributed by atoms with Crippen LogP contribution in [0.25, 0.3) is 11.3 Å². The van der Waals surface area contributed by atoms with Crippen LogP contribution in [0.4, 0.5) is 5.95 Å². The molecule has 6 nitrogen and oxygen atoms in total. The van der Waals surface area contributed by atoms with E-state index in [0.29, 0.717) is 12.4 Å². The van der Waals surface area contributed by atoms with Crippen LogP contribution in [0.2, 0.25) is 0 Å². The third-order valence-corrected chi connectivity index (χ3v) is 3.93. The van der Waals surface area contributed by atoms with E-state index in [0.717, 1.165) is 35.0 Å². The molecular formula is C17H20N6. The fourth-order valence-electron chi connectivity index (χ4n) is 2.55. The second-order valence-electron chi connectivity index (χ2n) is 5.69. The van der Waals surface area contributed by atoms with Crippen molar-refractivity contribution in [1.82, 2.24) is 25.1 Å². The van der Waals surface area contributed by atoms with Crippen LogP contribution in [0.15, 0.2) is 24.3 Å². The molecule has 23 heavy (non-hydrogen) atoms. The first-order chi connectivity index (χ1) is 11.0. The average Bonchev–Trinajstić information content (AvgIpc) is 2.93. The van der Waals surface area contributed by atoms with Gasteiger partial charge in [0.05, 0.1) is 5.69 Å². The van der Waals surface area contributed by atoms with Gasteiger partial charge in [-0.15, -0.1) is 0 Å². The van der Waals surface area contributed by atoms with Crippen molar-refractivity contribution in [2.45, 2.75) is 33.6 Å². The van der Waals surface area contributed by atoms with E-state index in [2.05, 4.69) is 51.1 Å². The van der Waals surface area contributed by atoms with Crippen molar-refractivity contribution < 1.29 is 0 Å². The van der Waals surface area contributed by atoms with Crippen LogP contribution in [-0.4, -0.2) is 25.1 Å². The maximum atomic E-state index is 5.90. The molecule has 0 atom stereocenters. The van der Waals surface area contributed by atoms with Gasteiger partial charge in [0, 0.05) is 17.7 Å². The zero-order valence-electron chi connectivity index (χ0n) is 13.6. The van der Waals surface area contributed by atoms with E-state index in [9.17, 15) is 0 Å². The smallest absolute Gasteiger partial charge is 0.220 e. The Bertz CT molecular complexity index is 837. The monoisotopic (exact) mass is 308 g/mol. The Labute approximate surface area is 135 Å². The summed E-state index contributed by atoms with van der Waals surface area (Å²) in [4.78, 5) is 13.0. The van der Waals surface area contributed by atoms with Gasteiger partial charge in [-0.25, -0.2) is 15.0 Å². The number of nitrogens with zero attached hydrogens (tertiary/aromatic N) is 4. The quantitative estimate of drug-likeness (QED) is 0.772. The Morgan fingerprint density at radius 1 is 1.04 bits per heavy atom. The molecule has 0 aliphatic rings. The predicted octanol–water partition coefficient (Wildman–Crippen LogP) is 2.55. The van der Waals surface area contributed by atoms with Crippen molar-refractivity contribution in [2.24, 2.45) is 0 Å². The lowest BCUT2D eigenvalue weighted by Gasteiger charge is -2.10. The summed E-state index contributed by atoms with van der Waals surface area (Å²) in [5.41, 5.74) is 11.2. The molecule has 3 N–H and O–H groups in total. The van der Waals surface area contributed by atoms with Gasteiger partial charge in [-0.2, -0.15) is 5.10 Å². The van der Waals surface area contributed by atoms with Crippen LogP contribution >= 0.6 is 0 Å². The van der Waals surface area contributed by atoms with Gasteiger partial charge in [0.15, 0.2) is 5.82 Å². The molecule has 0 aliphatic heterocycles. The van der Waals surface area contributed by atoms with E-state index in [1.807, 2.05) is 19.1 Å². The van der Waals surface area contributed by atoms with E-state index in [1.165, 1.54) is 11.1 Å². The second kappa shape index (κ2) is 6.16. The van der Waals surface area contributed by atoms with Gasteiger partial charge in [-0.1, -0.05) is 18.2 Å². The molecule has 0 fully saturated rings. The molecule has 3 aromatic rings. The number of hydrogen-bond donors (Lipinski definition) is 2. The number of aromatic amines is 1. The number of nitrogens with one attached hydrogen (secondary N) is 1. The number of nitrogen functional groups attached to an aromatic ring is 1. The highest BCUT2D eigenvalue weighted by Crippen LogP contribution is 2.25. The number of rotatable bonds is 4. The lowest BCUT2D eigenvalue weighted by Crippen LogP contribution is -2.04. The van der Waals surface area contributed by atoms with Crippen molar-refractivity contribution in [3.05, 3.63) is 52.7 Å². The first kappa shape index (κ1) is 15.1. The minimum atomic E-state index is 0.296. The van der Waals surface area contributed by atoms with E-state index >= 15 is 0 Å². The van der Waals surface area contributed by atoms with Crippen LogP contribution in [-0.2, 0) is 12.8 Å². The van der Waals surface area contributed by atoms with Crippen molar-refractivity contribution in [1.29, 1.82) is 0 Å². The van der Waals surface area contributed by atoms with Crippen LogP contribution in [0.1, 0.15) is 28.5 Å². The topological polar surface area (TPSA) is 93.4 Å². The summed E-state index contributed by atoms with van der Waals surface area (Å²) in [6.07, 6.45) is 1.44. The minimum Gasteiger partial charge on any atom is -0.368 e. The summed E-state index contributed by atoms with van der Waals surface area (Å²) in [5, 5.41) is 7.00. The van der Waals surface area contributed by atoms with Crippen LogP contribution in [0.5, 0.6) is 0 Å². The van der Waals surface area contributed by atoms with Crippen molar-refractivity contribution >= 4 is 5.95 Å². The summed E-state index contributed by atoms with van der Waals surface area (Å²) in [6.45, 7) is 6.08. The Hall–Kier alpha value is -2.76. The molecule has 0 spiro atoms. The third-order valence-electron chi connectivity index (χ3n) is 3.93. The highest BCUT2D eigenvalue weighted by atomic mass is 15.2. The van der Waals surface area contributed by atoms with Gasteiger partial charge in [-0.05, 0) is 44.4 Å². The summed E-state index contributed by atoms with van der Waals surface area (Å²) in [7, 11) is 0. The molecule has 0 saturated heterocycles. The Morgan fingerprint density at radius 3 is 2.61 bits per heavy atom. The summed E-state index contributed by atoms with van der Waals surface area (Å²) in [6, 6.07) is 8.19. The molecule has 0 unspecified atom stereocenters. The fraction of sp³-hybridized carbons (Fsp3) is 0.294. The lowest BCUT2D eigenvalue weighted by molar-refractivity contribution is 0.839. The number of H-pyrrole nitrogens is 1. The summed E-state index contributed by atoms with van der Waals surface area (Å²) in [5.74, 6) is 1.90. The summed E-state index contributed by atoms with van der Waals surface area (Å²) >= 11 is 0. The molecule has 6 heteroatoms. The van der Waals surface area contributed by atoms with Crippen LogP contribution in [0, 0.1) is 20.8 Å². The lowest BCUT2D eigenvalue weighted by atomic mass is 10.00. The molecule has 0 saturated carbocycles. The van der Waals surface area contributed by atoms with E-state index in [1.54, 1.807) is 0 Å². The first-order valence-electron chi connectivity index (χ1n) is 7.61. The standard InChI is InChI=1S/C17H20N6/c1-10-5-4-6-14(11(10)2)15-9-13(20-17(18)21-15)7-8-16-19-12(3)22-23-16/h4-6,9H,7-8H2,1-3H3,(H2,18,20,21)(H,19,22,23). The Kier molecular flexibility index (Phi) is 4.06. The van der Waals surface area contributed by atoms with E-state index in [-0.39, 0.29) is 0 Å². The zero-order valence-corrected chi connectivity index (χ0v) is 13.6. The fourth-order valence-corrected chi connectivity index (χ4v) is 2.55. The van der Waals surface area contributed by atoms with Gasteiger partial charge in [0.1, 0.15) is 5.82 Å². The van der Waals surface area contributed by atoms with Gasteiger partial charge < -0.3 is 5.73 Å². The number of aryl methyl sites for hydroxylation is 4. The molecule has 3 rings (SSSR count). The molecule has 118 valence electrons. The minimum absolute atomic E-state index is 0.296. The van der Waals surface area contributed by atoms with Gasteiger partial charge in [0.2, 0.25) is 5.95 Å². The zero-order chi connectivity index (χ0) is 16.4. The molecule has 1 aromatic carbocycles. The molecule has 2 aromatic heterocycles. The van der Waals surface area contributed by atoms with Gasteiger partial charge in [0.25, 0.3) is 0 Å². The van der Waals surface area contributed by atoms with Crippen molar-refractivity contribution in [3.8, 4) is 11.3 Å². The molecule has 0 amide bonds. The number of anilines is 1. The average molecular weight is 308 g/mol. The molecular weight excluding hydrogens is 288 g/mol. The molecule has 0 bridgehead atoms. The van der Waals surface area contributed by atoms with Crippen molar-refractivity contribution in [2.75, 3.05) is 5.73 Å². The number of aromatic nitrogens is 5. The SMILES string of the molecule is Cc1nc(CCc2cc(-c3cccc(C)c3C)nc(N)n2)n[nH]1. The maximum absolute atomic E-state index is 5.90. The van der Waals surface area contributed by atoms with Crippen molar-refractivity contribution in [3.63, 3.8) is 0 Å². The normalized spacial score (nSPS) is 10.9. The van der Waals surface area contributed by atoms with E-state index < -0.39 is 0 Å². The van der Waals surface area contributed by atoms with Crippen LogP contribution < -0.4 is 5.73 Å². The maximum Gasteiger partial charge on any atom is 0.220 e. The van der Waals surface area contributed by atoms with Gasteiger partial charge >= 0.3 is 0 Å². The highest BCUT2D eigenvalue weighted by Gasteiger charge is 2.10. The molecule has 0 aliphatic carbocycles. The number of hydrogen-bond acceptors (Lipinski definition) is 5. The predicted molar refractivity (Wildman–Crippen MR) is 89.9 cm³/mol. The highest BCUT2D eigenvalue weighted by molar-refractivity contribution is 5.66.